The van der Waals surface area contributed by atoms with Crippen LogP contribution in [0.2, 0.25) is 0 Å². The summed E-state index contributed by atoms with van der Waals surface area (Å²) in [6.45, 7) is 0. The number of nitrogens with zero attached hydrogens (tertiary/aromatic N) is 2. The molecule has 0 spiro atoms. The number of aromatic amines is 1. The predicted molar refractivity (Wildman–Crippen MR) is 95.0 cm³/mol. The van der Waals surface area contributed by atoms with E-state index in [1.54, 1.807) is 36.4 Å². The van der Waals surface area contributed by atoms with Gasteiger partial charge in [-0.1, -0.05) is 24.3 Å². The first-order valence-electron chi connectivity index (χ1n) is 7.48. The molecular weight excluding hydrogens is 338 g/mol. The maximum Gasteiger partial charge on any atom is 0.335 e. The zero-order chi connectivity index (χ0) is 18.7. The molecule has 1 heterocycles. The highest BCUT2D eigenvalue weighted by molar-refractivity contribution is 5.89. The lowest BCUT2D eigenvalue weighted by molar-refractivity contribution is 0.0697. The number of nitrogens with one attached hydrogen (secondary N) is 1. The summed E-state index contributed by atoms with van der Waals surface area (Å²) in [6, 6.07) is 14.1. The molecule has 1 aromatic heterocycles. The van der Waals surface area contributed by atoms with Gasteiger partial charge in [0.25, 0.3) is 5.56 Å². The number of benzene rings is 2. The number of H-pyrrole nitrogens is 1. The second-order valence-corrected chi connectivity index (χ2v) is 5.28. The van der Waals surface area contributed by atoms with Gasteiger partial charge in [0.1, 0.15) is 5.56 Å². The Morgan fingerprint density at radius 1 is 1.08 bits per heavy atom. The molecule has 0 aliphatic carbocycles. The van der Waals surface area contributed by atoms with Crippen LogP contribution in [0.25, 0.3) is 5.69 Å². The number of aromatic hydroxyl groups is 1. The molecule has 0 amide bonds. The molecule has 8 heteroatoms. The van der Waals surface area contributed by atoms with E-state index in [1.807, 2.05) is 0 Å². The first kappa shape index (κ1) is 16.9. The molecule has 3 N–H and O–H groups in total. The maximum absolute atomic E-state index is 12.0. The fraction of sp³-hybridized carbons (Fsp3) is 0. The lowest BCUT2D eigenvalue weighted by Crippen LogP contribution is -2.31. The number of aromatic nitrogens is 2. The van der Waals surface area contributed by atoms with Gasteiger partial charge < -0.3 is 10.2 Å². The van der Waals surface area contributed by atoms with Crippen LogP contribution < -0.4 is 11.2 Å². The molecule has 0 atom stereocenters. The molecule has 0 bridgehead atoms. The first-order valence-corrected chi connectivity index (χ1v) is 7.48. The number of hydrogen-bond donors (Lipinski definition) is 3. The quantitative estimate of drug-likeness (QED) is 0.617. The number of aliphatic imine (C=N–C) groups is 1. The normalized spacial score (nSPS) is 10.9. The van der Waals surface area contributed by atoms with Crippen molar-refractivity contribution in [1.82, 2.24) is 9.55 Å². The smallest absolute Gasteiger partial charge is 0.335 e. The molecule has 0 fully saturated rings. The van der Waals surface area contributed by atoms with Crippen molar-refractivity contribution in [3.8, 4) is 11.6 Å². The van der Waals surface area contributed by atoms with Crippen LogP contribution in [0, 0.1) is 0 Å². The van der Waals surface area contributed by atoms with Gasteiger partial charge in [-0.05, 0) is 30.3 Å². The van der Waals surface area contributed by atoms with Crippen LogP contribution in [0.15, 0.2) is 69.2 Å². The van der Waals surface area contributed by atoms with Crippen LogP contribution in [-0.2, 0) is 0 Å². The summed E-state index contributed by atoms with van der Waals surface area (Å²) in [5, 5.41) is 19.4. The van der Waals surface area contributed by atoms with E-state index in [1.165, 1.54) is 18.2 Å². The van der Waals surface area contributed by atoms with E-state index in [2.05, 4.69) is 9.98 Å². The molecular formula is C18H13N3O5. The Bertz CT molecular complexity index is 1110. The largest absolute Gasteiger partial charge is 0.493 e. The highest BCUT2D eigenvalue weighted by Gasteiger charge is 2.14. The summed E-state index contributed by atoms with van der Waals surface area (Å²) in [5.74, 6) is -1.68. The Labute approximate surface area is 146 Å². The van der Waals surface area contributed by atoms with Crippen LogP contribution >= 0.6 is 0 Å². The molecule has 0 saturated carbocycles. The van der Waals surface area contributed by atoms with Crippen LogP contribution in [0.1, 0.15) is 15.9 Å². The minimum atomic E-state index is -1.11. The summed E-state index contributed by atoms with van der Waals surface area (Å²) < 4.78 is 0.941. The predicted octanol–water partition coefficient (Wildman–Crippen LogP) is 1.68. The molecule has 0 radical (unpaired) electrons. The zero-order valence-electron chi connectivity index (χ0n) is 13.3. The Morgan fingerprint density at radius 3 is 2.50 bits per heavy atom. The first-order chi connectivity index (χ1) is 12.5. The molecule has 0 aliphatic rings. The van der Waals surface area contributed by atoms with Gasteiger partial charge >= 0.3 is 11.7 Å². The molecule has 2 aromatic carbocycles. The van der Waals surface area contributed by atoms with E-state index in [0.717, 1.165) is 10.8 Å². The minimum Gasteiger partial charge on any atom is -0.493 e. The second kappa shape index (κ2) is 6.89. The lowest BCUT2D eigenvalue weighted by atomic mass is 10.2. The Kier molecular flexibility index (Phi) is 4.48. The van der Waals surface area contributed by atoms with Crippen LogP contribution in [-0.4, -0.2) is 31.9 Å². The number of hydrogen-bond acceptors (Lipinski definition) is 5. The van der Waals surface area contributed by atoms with E-state index in [-0.39, 0.29) is 16.8 Å². The van der Waals surface area contributed by atoms with Crippen LogP contribution in [0.3, 0.4) is 0 Å². The second-order valence-electron chi connectivity index (χ2n) is 5.28. The number of carboxylic acid groups (broad SMARTS) is 1. The van der Waals surface area contributed by atoms with E-state index in [9.17, 15) is 19.5 Å². The van der Waals surface area contributed by atoms with Crippen molar-refractivity contribution in [3.05, 3.63) is 86.6 Å². The van der Waals surface area contributed by atoms with Gasteiger partial charge in [0.15, 0.2) is 0 Å². The van der Waals surface area contributed by atoms with Gasteiger partial charge in [0.2, 0.25) is 5.88 Å². The van der Waals surface area contributed by atoms with Crippen LogP contribution in [0.4, 0.5) is 5.69 Å². The molecule has 8 nitrogen and oxygen atoms in total. The van der Waals surface area contributed by atoms with Gasteiger partial charge in [0.05, 0.1) is 16.9 Å². The van der Waals surface area contributed by atoms with E-state index < -0.39 is 23.1 Å². The molecule has 3 aromatic rings. The summed E-state index contributed by atoms with van der Waals surface area (Å²) >= 11 is 0. The Balaban J connectivity index is 2.09. The van der Waals surface area contributed by atoms with Crippen molar-refractivity contribution < 1.29 is 15.0 Å². The Morgan fingerprint density at radius 2 is 1.81 bits per heavy atom. The van der Waals surface area contributed by atoms with Crippen molar-refractivity contribution in [2.24, 2.45) is 4.99 Å². The third-order valence-electron chi connectivity index (χ3n) is 3.57. The zero-order valence-corrected chi connectivity index (χ0v) is 13.3. The summed E-state index contributed by atoms with van der Waals surface area (Å²) in [6.07, 6.45) is 1.08. The van der Waals surface area contributed by atoms with Crippen molar-refractivity contribution >= 4 is 17.9 Å². The number of rotatable bonds is 4. The standard InChI is InChI=1S/C18H13N3O5/c22-15-14(10-19-12-6-4-5-11(9-12)17(24)25)16(23)21(18(26)20-15)13-7-2-1-3-8-13/h1-10,23H,(H,24,25)(H,20,22,26). The topological polar surface area (TPSA) is 125 Å². The number of para-hydroxylation sites is 1. The molecule has 130 valence electrons. The fourth-order valence-electron chi connectivity index (χ4n) is 2.33. The number of carboxylic acids is 1. The van der Waals surface area contributed by atoms with Gasteiger partial charge in [-0.25, -0.2) is 14.2 Å². The number of aromatic carboxylic acids is 1. The van der Waals surface area contributed by atoms with E-state index >= 15 is 0 Å². The van der Waals surface area contributed by atoms with Crippen molar-refractivity contribution in [1.29, 1.82) is 0 Å². The van der Waals surface area contributed by atoms with E-state index in [4.69, 9.17) is 5.11 Å². The van der Waals surface area contributed by atoms with Crippen LogP contribution in [0.5, 0.6) is 5.88 Å². The Hall–Kier alpha value is -3.94. The molecule has 3 rings (SSSR count). The summed E-state index contributed by atoms with van der Waals surface area (Å²) in [4.78, 5) is 41.2. The average Bonchev–Trinajstić information content (AvgIpc) is 2.62. The molecule has 26 heavy (non-hydrogen) atoms. The van der Waals surface area contributed by atoms with Crippen molar-refractivity contribution in [3.63, 3.8) is 0 Å². The summed E-state index contributed by atoms with van der Waals surface area (Å²) in [7, 11) is 0. The third-order valence-corrected chi connectivity index (χ3v) is 3.57. The summed E-state index contributed by atoms with van der Waals surface area (Å²) in [5.41, 5.74) is -1.14. The average molecular weight is 351 g/mol. The minimum absolute atomic E-state index is 0.0343. The van der Waals surface area contributed by atoms with Crippen molar-refractivity contribution in [2.45, 2.75) is 0 Å². The van der Waals surface area contributed by atoms with Gasteiger partial charge in [0, 0.05) is 6.21 Å². The highest BCUT2D eigenvalue weighted by Crippen LogP contribution is 2.17. The third kappa shape index (κ3) is 3.29. The fourth-order valence-corrected chi connectivity index (χ4v) is 2.33. The molecule has 0 aliphatic heterocycles. The monoisotopic (exact) mass is 351 g/mol. The maximum atomic E-state index is 12.0. The lowest BCUT2D eigenvalue weighted by Gasteiger charge is -2.09. The van der Waals surface area contributed by atoms with Gasteiger partial charge in [-0.2, -0.15) is 0 Å². The van der Waals surface area contributed by atoms with Gasteiger partial charge in [-0.15, -0.1) is 0 Å². The molecule has 0 saturated heterocycles. The van der Waals surface area contributed by atoms with E-state index in [0.29, 0.717) is 5.69 Å². The van der Waals surface area contributed by atoms with Gasteiger partial charge in [-0.3, -0.25) is 14.8 Å². The SMILES string of the molecule is O=C(O)c1cccc(N=Cc2c(O)n(-c3ccccc3)c(=O)[nH]c2=O)c1. The van der Waals surface area contributed by atoms with Crippen molar-refractivity contribution in [2.75, 3.05) is 0 Å². The molecule has 0 unspecified atom stereocenters. The number of carbonyl (C=O) groups is 1. The highest BCUT2D eigenvalue weighted by atomic mass is 16.4.